The van der Waals surface area contributed by atoms with Gasteiger partial charge in [-0.05, 0) is 6.07 Å². The normalized spacial score (nSPS) is 13.0. The molecular formula is C8H7BrF2O. The van der Waals surface area contributed by atoms with Crippen LogP contribution in [0.2, 0.25) is 0 Å². The minimum Gasteiger partial charge on any atom is -0.387 e. The van der Waals surface area contributed by atoms with Gasteiger partial charge in [-0.2, -0.15) is 0 Å². The van der Waals surface area contributed by atoms with Crippen molar-refractivity contribution < 1.29 is 13.9 Å². The first-order valence-electron chi connectivity index (χ1n) is 3.34. The molecule has 1 aromatic rings. The maximum Gasteiger partial charge on any atom is 0.131 e. The van der Waals surface area contributed by atoms with Crippen LogP contribution in [-0.4, -0.2) is 10.4 Å². The summed E-state index contributed by atoms with van der Waals surface area (Å²) in [4.78, 5) is 0. The predicted octanol–water partition coefficient (Wildman–Crippen LogP) is 2.39. The number of aliphatic hydroxyl groups excluding tert-OH is 1. The maximum absolute atomic E-state index is 12.9. The van der Waals surface area contributed by atoms with Gasteiger partial charge in [0.25, 0.3) is 0 Å². The molecule has 0 aliphatic rings. The highest BCUT2D eigenvalue weighted by Crippen LogP contribution is 2.19. The zero-order valence-electron chi connectivity index (χ0n) is 6.10. The molecule has 0 unspecified atom stereocenters. The van der Waals surface area contributed by atoms with Gasteiger partial charge in [0.2, 0.25) is 0 Å². The van der Waals surface area contributed by atoms with Crippen molar-refractivity contribution in [2.45, 2.75) is 6.10 Å². The molecule has 0 radical (unpaired) electrons. The molecule has 1 aromatic carbocycles. The van der Waals surface area contributed by atoms with Gasteiger partial charge >= 0.3 is 0 Å². The van der Waals surface area contributed by atoms with Crippen molar-refractivity contribution in [3.8, 4) is 0 Å². The van der Waals surface area contributed by atoms with Gasteiger partial charge in [-0.3, -0.25) is 0 Å². The van der Waals surface area contributed by atoms with E-state index in [4.69, 9.17) is 0 Å². The van der Waals surface area contributed by atoms with Gasteiger partial charge in [-0.1, -0.05) is 22.0 Å². The summed E-state index contributed by atoms with van der Waals surface area (Å²) in [7, 11) is 0. The molecule has 1 atom stereocenters. The first kappa shape index (κ1) is 9.61. The summed E-state index contributed by atoms with van der Waals surface area (Å²) in [6, 6.07) is 3.10. The number of hydrogen-bond donors (Lipinski definition) is 1. The van der Waals surface area contributed by atoms with Crippen LogP contribution in [0.25, 0.3) is 0 Å². The monoisotopic (exact) mass is 236 g/mol. The highest BCUT2D eigenvalue weighted by Gasteiger charge is 2.11. The van der Waals surface area contributed by atoms with E-state index in [1.54, 1.807) is 0 Å². The van der Waals surface area contributed by atoms with Gasteiger partial charge < -0.3 is 5.11 Å². The zero-order chi connectivity index (χ0) is 9.14. The number of aliphatic hydroxyl groups is 1. The van der Waals surface area contributed by atoms with Crippen LogP contribution >= 0.6 is 15.9 Å². The lowest BCUT2D eigenvalue weighted by atomic mass is 10.1. The van der Waals surface area contributed by atoms with Gasteiger partial charge in [-0.25, -0.2) is 8.78 Å². The zero-order valence-corrected chi connectivity index (χ0v) is 7.68. The third kappa shape index (κ3) is 2.01. The number of benzene rings is 1. The van der Waals surface area contributed by atoms with Crippen LogP contribution in [-0.2, 0) is 0 Å². The van der Waals surface area contributed by atoms with Crippen LogP contribution in [0, 0.1) is 11.6 Å². The van der Waals surface area contributed by atoms with E-state index >= 15 is 0 Å². The Hall–Kier alpha value is -0.480. The Morgan fingerprint density at radius 2 is 2.08 bits per heavy atom. The minimum atomic E-state index is -0.925. The standard InChI is InChI=1S/C8H7BrF2O/c9-4-8(12)6-2-1-5(10)3-7(6)11/h1-3,8,12H,4H2/t8-/m1/s1. The molecule has 0 aromatic heterocycles. The average Bonchev–Trinajstić information content (AvgIpc) is 2.03. The summed E-state index contributed by atoms with van der Waals surface area (Å²) < 4.78 is 25.2. The molecule has 0 amide bonds. The predicted molar refractivity (Wildman–Crippen MR) is 45.1 cm³/mol. The molecule has 66 valence electrons. The molecule has 0 aliphatic carbocycles. The first-order valence-corrected chi connectivity index (χ1v) is 4.46. The van der Waals surface area contributed by atoms with E-state index in [-0.39, 0.29) is 10.9 Å². The molecule has 1 nitrogen and oxygen atoms in total. The fourth-order valence-electron chi connectivity index (χ4n) is 0.855. The molecule has 0 fully saturated rings. The van der Waals surface area contributed by atoms with E-state index in [1.807, 2.05) is 0 Å². The Morgan fingerprint density at radius 3 is 2.58 bits per heavy atom. The molecule has 0 heterocycles. The lowest BCUT2D eigenvalue weighted by Gasteiger charge is -2.07. The van der Waals surface area contributed by atoms with Crippen LogP contribution in [0.5, 0.6) is 0 Å². The molecular weight excluding hydrogens is 230 g/mol. The van der Waals surface area contributed by atoms with Crippen LogP contribution < -0.4 is 0 Å². The summed E-state index contributed by atoms with van der Waals surface area (Å²) in [5, 5.41) is 9.42. The SMILES string of the molecule is O[C@H](CBr)c1ccc(F)cc1F. The highest BCUT2D eigenvalue weighted by molar-refractivity contribution is 9.09. The van der Waals surface area contributed by atoms with Gasteiger partial charge in [-0.15, -0.1) is 0 Å². The third-order valence-electron chi connectivity index (χ3n) is 1.47. The van der Waals surface area contributed by atoms with Crippen LogP contribution in [0.1, 0.15) is 11.7 Å². The first-order chi connectivity index (χ1) is 5.65. The highest BCUT2D eigenvalue weighted by atomic mass is 79.9. The van der Waals surface area contributed by atoms with Gasteiger partial charge in [0.1, 0.15) is 11.6 Å². The Bertz CT molecular complexity index is 278. The molecule has 0 saturated heterocycles. The number of rotatable bonds is 2. The van der Waals surface area contributed by atoms with Crippen molar-refractivity contribution in [3.63, 3.8) is 0 Å². The molecule has 4 heteroatoms. The average molecular weight is 237 g/mol. The molecule has 0 saturated carbocycles. The second-order valence-corrected chi connectivity index (χ2v) is 2.98. The Kier molecular flexibility index (Phi) is 3.17. The maximum atomic E-state index is 12.9. The van der Waals surface area contributed by atoms with Crippen molar-refractivity contribution >= 4 is 15.9 Å². The van der Waals surface area contributed by atoms with E-state index in [0.717, 1.165) is 12.1 Å². The van der Waals surface area contributed by atoms with Gasteiger partial charge in [0.15, 0.2) is 0 Å². The fourth-order valence-corrected chi connectivity index (χ4v) is 1.20. The summed E-state index contributed by atoms with van der Waals surface area (Å²) in [6.07, 6.45) is -0.925. The summed E-state index contributed by atoms with van der Waals surface area (Å²) in [6.45, 7) is 0. The second kappa shape index (κ2) is 3.96. The number of hydrogen-bond acceptors (Lipinski definition) is 1. The van der Waals surface area contributed by atoms with Gasteiger partial charge in [0, 0.05) is 17.0 Å². The van der Waals surface area contributed by atoms with E-state index in [9.17, 15) is 13.9 Å². The smallest absolute Gasteiger partial charge is 0.131 e. The summed E-state index contributed by atoms with van der Waals surface area (Å²) in [5.41, 5.74) is 0.105. The summed E-state index contributed by atoms with van der Waals surface area (Å²) >= 11 is 2.99. The topological polar surface area (TPSA) is 20.2 Å². The number of alkyl halides is 1. The minimum absolute atomic E-state index is 0.105. The lowest BCUT2D eigenvalue weighted by Crippen LogP contribution is -2.01. The largest absolute Gasteiger partial charge is 0.387 e. The molecule has 0 spiro atoms. The van der Waals surface area contributed by atoms with Crippen LogP contribution in [0.15, 0.2) is 18.2 Å². The molecule has 12 heavy (non-hydrogen) atoms. The summed E-state index contributed by atoms with van der Waals surface area (Å²) in [5.74, 6) is -1.36. The van der Waals surface area contributed by atoms with Crippen molar-refractivity contribution in [2.75, 3.05) is 5.33 Å². The second-order valence-electron chi connectivity index (χ2n) is 2.34. The molecule has 1 N–H and O–H groups in total. The van der Waals surface area contributed by atoms with Crippen molar-refractivity contribution in [2.24, 2.45) is 0 Å². The van der Waals surface area contributed by atoms with E-state index in [1.165, 1.54) is 6.07 Å². The van der Waals surface area contributed by atoms with Gasteiger partial charge in [0.05, 0.1) is 6.10 Å². The Balaban J connectivity index is 3.01. The molecule has 0 aliphatic heterocycles. The quantitative estimate of drug-likeness (QED) is 0.783. The Labute approximate surface area is 77.2 Å². The van der Waals surface area contributed by atoms with Crippen LogP contribution in [0.4, 0.5) is 8.78 Å². The fraction of sp³-hybridized carbons (Fsp3) is 0.250. The van der Waals surface area contributed by atoms with E-state index in [0.29, 0.717) is 0 Å². The van der Waals surface area contributed by atoms with Crippen molar-refractivity contribution in [1.82, 2.24) is 0 Å². The third-order valence-corrected chi connectivity index (χ3v) is 2.08. The van der Waals surface area contributed by atoms with E-state index < -0.39 is 17.7 Å². The van der Waals surface area contributed by atoms with Crippen molar-refractivity contribution in [3.05, 3.63) is 35.4 Å². The Morgan fingerprint density at radius 1 is 1.42 bits per heavy atom. The molecule has 0 bridgehead atoms. The van der Waals surface area contributed by atoms with E-state index in [2.05, 4.69) is 15.9 Å². The van der Waals surface area contributed by atoms with Crippen LogP contribution in [0.3, 0.4) is 0 Å². The lowest BCUT2D eigenvalue weighted by molar-refractivity contribution is 0.200. The number of halogens is 3. The van der Waals surface area contributed by atoms with Crippen molar-refractivity contribution in [1.29, 1.82) is 0 Å². The molecule has 1 rings (SSSR count).